The van der Waals surface area contributed by atoms with Gasteiger partial charge >= 0.3 is 12.4 Å². The standard InChI is InChI=1S/C60H40F6/c61-59(62,63)55-31-27-45(28-32-55)57(43-15-3-1-4-16-43)39-49-21-9-7-13-41(49)23-25-51-37-53-35-47-19-11-12-20-48(47)36-54(53)38-52(51)26-24-42-14-8-10-22-50(42)40-58(44-17-5-2-6-18-44)46-29-33-56(34-30-46)60(64,65)66/h1-40H/b25-23?,26-24?,57-39-,58-40-. The molecule has 9 aromatic rings. The van der Waals surface area contributed by atoms with E-state index in [0.29, 0.717) is 11.1 Å². The summed E-state index contributed by atoms with van der Waals surface area (Å²) in [5, 5.41) is 4.39. The van der Waals surface area contributed by atoms with E-state index in [1.165, 1.54) is 24.3 Å². The van der Waals surface area contributed by atoms with Crippen molar-refractivity contribution in [2.45, 2.75) is 12.4 Å². The second kappa shape index (κ2) is 18.6. The summed E-state index contributed by atoms with van der Waals surface area (Å²) in [4.78, 5) is 0. The van der Waals surface area contributed by atoms with Gasteiger partial charge in [-0.05, 0) is 149 Å². The quantitative estimate of drug-likeness (QED) is 0.0730. The molecule has 0 fully saturated rings. The number of halogens is 6. The predicted molar refractivity (Wildman–Crippen MR) is 262 cm³/mol. The molecule has 0 N–H and O–H groups in total. The van der Waals surface area contributed by atoms with Gasteiger partial charge in [0.15, 0.2) is 0 Å². The number of hydrogen-bond acceptors (Lipinski definition) is 0. The smallest absolute Gasteiger partial charge is 0.166 e. The normalized spacial score (nSPS) is 12.8. The maximum atomic E-state index is 13.5. The van der Waals surface area contributed by atoms with Gasteiger partial charge in [-0.15, -0.1) is 0 Å². The highest BCUT2D eigenvalue weighted by molar-refractivity contribution is 6.02. The molecule has 0 heterocycles. The molecule has 0 amide bonds. The van der Waals surface area contributed by atoms with Gasteiger partial charge in [-0.2, -0.15) is 26.3 Å². The lowest BCUT2D eigenvalue weighted by Gasteiger charge is -2.13. The van der Waals surface area contributed by atoms with Crippen molar-refractivity contribution in [3.8, 4) is 0 Å². The van der Waals surface area contributed by atoms with Crippen LogP contribution >= 0.6 is 0 Å². The molecule has 9 aromatic carbocycles. The minimum Gasteiger partial charge on any atom is -0.166 e. The second-order valence-electron chi connectivity index (χ2n) is 16.0. The van der Waals surface area contributed by atoms with Crippen LogP contribution in [0.1, 0.15) is 66.8 Å². The lowest BCUT2D eigenvalue weighted by molar-refractivity contribution is -0.138. The molecular formula is C60H40F6. The summed E-state index contributed by atoms with van der Waals surface area (Å²) in [6.07, 6.45) is 3.45. The van der Waals surface area contributed by atoms with Crippen LogP contribution in [-0.2, 0) is 12.4 Å². The molecule has 322 valence electrons. The number of fused-ring (bicyclic) bond motifs is 2. The summed E-state index contributed by atoms with van der Waals surface area (Å²) in [6, 6.07) is 62.6. The van der Waals surface area contributed by atoms with E-state index in [-0.39, 0.29) is 0 Å². The summed E-state index contributed by atoms with van der Waals surface area (Å²) >= 11 is 0. The van der Waals surface area contributed by atoms with Crippen molar-refractivity contribution in [2.75, 3.05) is 0 Å². The van der Waals surface area contributed by atoms with Crippen molar-refractivity contribution < 1.29 is 26.3 Å². The van der Waals surface area contributed by atoms with E-state index in [0.717, 1.165) is 101 Å². The van der Waals surface area contributed by atoms with Crippen LogP contribution in [0.3, 0.4) is 0 Å². The maximum Gasteiger partial charge on any atom is 0.416 e. The van der Waals surface area contributed by atoms with Gasteiger partial charge < -0.3 is 0 Å². The van der Waals surface area contributed by atoms with Crippen molar-refractivity contribution in [1.82, 2.24) is 0 Å². The first-order valence-electron chi connectivity index (χ1n) is 21.4. The topological polar surface area (TPSA) is 0 Å². The van der Waals surface area contributed by atoms with Gasteiger partial charge in [0.2, 0.25) is 0 Å². The minimum absolute atomic E-state index is 0.660. The van der Waals surface area contributed by atoms with Crippen molar-refractivity contribution in [3.63, 3.8) is 0 Å². The summed E-state index contributed by atoms with van der Waals surface area (Å²) in [5.41, 5.74) is 8.75. The monoisotopic (exact) mass is 874 g/mol. The zero-order valence-corrected chi connectivity index (χ0v) is 35.4. The van der Waals surface area contributed by atoms with Crippen LogP contribution in [-0.4, -0.2) is 0 Å². The summed E-state index contributed by atoms with van der Waals surface area (Å²) in [7, 11) is 0. The first-order chi connectivity index (χ1) is 32.0. The number of benzene rings is 9. The van der Waals surface area contributed by atoms with Crippen LogP contribution < -0.4 is 0 Å². The van der Waals surface area contributed by atoms with Crippen molar-refractivity contribution in [2.24, 2.45) is 0 Å². The molecule has 0 spiro atoms. The highest BCUT2D eigenvalue weighted by atomic mass is 19.4. The molecular weight excluding hydrogens is 835 g/mol. The molecule has 6 heteroatoms. The lowest BCUT2D eigenvalue weighted by Crippen LogP contribution is -2.04. The predicted octanol–water partition coefficient (Wildman–Crippen LogP) is 17.5. The Labute approximate surface area is 379 Å². The van der Waals surface area contributed by atoms with Gasteiger partial charge in [0.25, 0.3) is 0 Å². The Morgan fingerprint density at radius 2 is 0.576 bits per heavy atom. The third-order valence-corrected chi connectivity index (χ3v) is 11.6. The third-order valence-electron chi connectivity index (χ3n) is 11.6. The van der Waals surface area contributed by atoms with Crippen molar-refractivity contribution >= 4 is 69.1 Å². The highest BCUT2D eigenvalue weighted by Gasteiger charge is 2.31. The van der Waals surface area contributed by atoms with Gasteiger partial charge in [-0.25, -0.2) is 0 Å². The van der Waals surface area contributed by atoms with E-state index in [2.05, 4.69) is 60.7 Å². The van der Waals surface area contributed by atoms with Gasteiger partial charge in [-0.3, -0.25) is 0 Å². The van der Waals surface area contributed by atoms with E-state index >= 15 is 0 Å². The van der Waals surface area contributed by atoms with Crippen LogP contribution in [0.25, 0.3) is 69.1 Å². The van der Waals surface area contributed by atoms with E-state index in [9.17, 15) is 26.3 Å². The molecule has 0 nitrogen and oxygen atoms in total. The summed E-state index contributed by atoms with van der Waals surface area (Å²) < 4.78 is 81.3. The maximum absolute atomic E-state index is 13.5. The molecule has 0 aliphatic carbocycles. The molecule has 0 unspecified atom stereocenters. The zero-order valence-electron chi connectivity index (χ0n) is 35.4. The molecule has 0 aromatic heterocycles. The second-order valence-corrected chi connectivity index (χ2v) is 16.0. The molecule has 0 aliphatic heterocycles. The molecule has 0 aliphatic rings. The molecule has 0 bridgehead atoms. The lowest BCUT2D eigenvalue weighted by atomic mass is 9.92. The Balaban J connectivity index is 1.13. The summed E-state index contributed by atoms with van der Waals surface area (Å²) in [6.45, 7) is 0. The fourth-order valence-corrected chi connectivity index (χ4v) is 8.15. The van der Waals surface area contributed by atoms with Gasteiger partial charge in [0.1, 0.15) is 0 Å². The van der Waals surface area contributed by atoms with Crippen LogP contribution in [0.15, 0.2) is 206 Å². The summed E-state index contributed by atoms with van der Waals surface area (Å²) in [5.74, 6) is 0. The molecule has 0 atom stereocenters. The number of hydrogen-bond donors (Lipinski definition) is 0. The van der Waals surface area contributed by atoms with Crippen molar-refractivity contribution in [1.29, 1.82) is 0 Å². The largest absolute Gasteiger partial charge is 0.416 e. The van der Waals surface area contributed by atoms with E-state index in [4.69, 9.17) is 0 Å². The Kier molecular flexibility index (Phi) is 12.2. The minimum atomic E-state index is -4.44. The SMILES string of the molecule is FC(F)(F)c1ccc(/C(=C\c2ccccc2C=Cc2cc3cc4ccccc4cc3cc2C=Cc2ccccc2/C=C(/c2ccccc2)c2ccc(C(F)(F)F)cc2)c2ccccc2)cc1. The average Bonchev–Trinajstić information content (AvgIpc) is 3.33. The molecule has 9 rings (SSSR count). The Morgan fingerprint density at radius 1 is 0.273 bits per heavy atom. The Hall–Kier alpha value is -7.96. The van der Waals surface area contributed by atoms with Crippen LogP contribution in [0, 0.1) is 0 Å². The van der Waals surface area contributed by atoms with Crippen LogP contribution in [0.2, 0.25) is 0 Å². The first-order valence-corrected chi connectivity index (χ1v) is 21.4. The van der Waals surface area contributed by atoms with E-state index < -0.39 is 23.5 Å². The van der Waals surface area contributed by atoms with Gasteiger partial charge in [0, 0.05) is 0 Å². The molecule has 0 saturated carbocycles. The van der Waals surface area contributed by atoms with Gasteiger partial charge in [0.05, 0.1) is 11.1 Å². The zero-order chi connectivity index (χ0) is 45.7. The van der Waals surface area contributed by atoms with E-state index in [1.807, 2.05) is 133 Å². The van der Waals surface area contributed by atoms with Crippen LogP contribution in [0.5, 0.6) is 0 Å². The fraction of sp³-hybridized carbons (Fsp3) is 0.0333. The Bertz CT molecular complexity index is 3060. The highest BCUT2D eigenvalue weighted by Crippen LogP contribution is 2.36. The molecule has 0 radical (unpaired) electrons. The molecule has 66 heavy (non-hydrogen) atoms. The van der Waals surface area contributed by atoms with Gasteiger partial charge in [-0.1, -0.05) is 182 Å². The van der Waals surface area contributed by atoms with Crippen molar-refractivity contribution in [3.05, 3.63) is 273 Å². The average molecular weight is 875 g/mol. The number of alkyl halides is 6. The first kappa shape index (κ1) is 43.3. The third kappa shape index (κ3) is 9.89. The molecule has 0 saturated heterocycles. The van der Waals surface area contributed by atoms with E-state index in [1.54, 1.807) is 0 Å². The van der Waals surface area contributed by atoms with Crippen LogP contribution in [0.4, 0.5) is 26.3 Å². The Morgan fingerprint density at radius 3 is 0.939 bits per heavy atom. The fourth-order valence-electron chi connectivity index (χ4n) is 8.15. The number of rotatable bonds is 10.